The summed E-state index contributed by atoms with van der Waals surface area (Å²) in [6, 6.07) is -13.0. The average Bonchev–Trinajstić information content (AvgIpc) is 3.29. The Morgan fingerprint density at radius 2 is 1.13 bits per heavy atom. The molecule has 0 radical (unpaired) electrons. The summed E-state index contributed by atoms with van der Waals surface area (Å²) < 4.78 is 21.5. The van der Waals surface area contributed by atoms with Gasteiger partial charge < -0.3 is 105 Å². The Balaban J connectivity index is 3.46. The first-order chi connectivity index (χ1) is 41.1. The second kappa shape index (κ2) is 45.8. The van der Waals surface area contributed by atoms with E-state index < -0.39 is 145 Å². The van der Waals surface area contributed by atoms with Crippen molar-refractivity contribution in [3.8, 4) is 0 Å². The van der Waals surface area contributed by atoms with Crippen molar-refractivity contribution in [1.82, 2.24) is 64.0 Å². The highest BCUT2D eigenvalue weighted by Crippen LogP contribution is 2.11. The van der Waals surface area contributed by atoms with Gasteiger partial charge in [0.15, 0.2) is 0 Å². The maximum absolute atomic E-state index is 14.1. The molecule has 1 heterocycles. The molecule has 22 N–H and O–H groups in total. The summed E-state index contributed by atoms with van der Waals surface area (Å²) in [4.78, 5) is 150. The van der Waals surface area contributed by atoms with Crippen LogP contribution in [0.5, 0.6) is 0 Å². The number of hydrogen-bond donors (Lipinski definition) is 18. The third-order valence-corrected chi connectivity index (χ3v) is 13.0. The lowest BCUT2D eigenvalue weighted by molar-refractivity contribution is -0.135. The molecule has 0 aromatic carbocycles. The molecule has 33 heteroatoms. The fourth-order valence-electron chi connectivity index (χ4n) is 8.34. The van der Waals surface area contributed by atoms with E-state index in [4.69, 9.17) is 41.9 Å². The van der Waals surface area contributed by atoms with Crippen molar-refractivity contribution in [2.24, 2.45) is 28.9 Å². The Labute approximate surface area is 502 Å². The summed E-state index contributed by atoms with van der Waals surface area (Å²) in [5, 5.41) is 46.6. The molecule has 0 aliphatic carbocycles. The van der Waals surface area contributed by atoms with Gasteiger partial charge in [0, 0.05) is 19.6 Å². The van der Waals surface area contributed by atoms with Crippen molar-refractivity contribution in [1.29, 1.82) is 0 Å². The second-order valence-corrected chi connectivity index (χ2v) is 20.7. The van der Waals surface area contributed by atoms with Crippen LogP contribution in [-0.2, 0) is 66.9 Å². The molecule has 1 rings (SSSR count). The highest BCUT2D eigenvalue weighted by molar-refractivity contribution is 5.98. The van der Waals surface area contributed by atoms with Crippen LogP contribution < -0.4 is 87.0 Å². The van der Waals surface area contributed by atoms with Crippen molar-refractivity contribution in [2.75, 3.05) is 92.1 Å². The first-order valence-corrected chi connectivity index (χ1v) is 29.6. The number of nitrogens with one attached hydrogen (secondary N) is 12. The molecule has 12 amide bonds. The zero-order valence-corrected chi connectivity index (χ0v) is 50.6. The largest absolute Gasteiger partial charge is 0.391 e. The minimum absolute atomic E-state index is 0.0190. The van der Waals surface area contributed by atoms with Gasteiger partial charge in [-0.3, -0.25) is 53.4 Å². The molecule has 1 aliphatic rings. The molecule has 1 aliphatic heterocycles. The Morgan fingerprint density at radius 3 is 1.67 bits per heavy atom. The van der Waals surface area contributed by atoms with Gasteiger partial charge in [0.25, 0.3) is 5.91 Å². The van der Waals surface area contributed by atoms with Gasteiger partial charge in [0.2, 0.25) is 53.2 Å². The number of aliphatic hydroxyl groups excluding tert-OH is 2. The number of nitrogens with two attached hydrogens (primary N) is 4. The van der Waals surface area contributed by atoms with Crippen molar-refractivity contribution >= 4 is 65.1 Å². The Bertz CT molecular complexity index is 2080. The fourth-order valence-corrected chi connectivity index (χ4v) is 8.34. The Morgan fingerprint density at radius 1 is 0.581 bits per heavy atom. The third-order valence-electron chi connectivity index (χ3n) is 13.0. The number of hydrazine groups is 1. The van der Waals surface area contributed by atoms with Crippen molar-refractivity contribution in [3.63, 3.8) is 0 Å². The van der Waals surface area contributed by atoms with Gasteiger partial charge in [-0.1, -0.05) is 46.5 Å². The van der Waals surface area contributed by atoms with E-state index in [1.54, 1.807) is 13.8 Å². The predicted molar refractivity (Wildman–Crippen MR) is 312 cm³/mol. The average molecular weight is 1230 g/mol. The van der Waals surface area contributed by atoms with Crippen LogP contribution in [0.4, 0.5) is 4.79 Å². The predicted octanol–water partition coefficient (Wildman–Crippen LogP) is -6.66. The number of aliphatic hydroxyl groups is 2. The van der Waals surface area contributed by atoms with Crippen molar-refractivity contribution in [3.05, 3.63) is 0 Å². The molecule has 86 heavy (non-hydrogen) atoms. The minimum Gasteiger partial charge on any atom is -0.391 e. The van der Waals surface area contributed by atoms with Crippen LogP contribution in [0, 0.1) is 5.92 Å². The molecule has 33 nitrogen and oxygen atoms in total. The quantitative estimate of drug-likeness (QED) is 0.0207. The van der Waals surface area contributed by atoms with Crippen LogP contribution in [0.3, 0.4) is 0 Å². The molecule has 1 fully saturated rings. The zero-order valence-electron chi connectivity index (χ0n) is 50.6. The van der Waals surface area contributed by atoms with Crippen LogP contribution in [0.15, 0.2) is 0 Å². The maximum Gasteiger partial charge on any atom is 0.334 e. The van der Waals surface area contributed by atoms with Gasteiger partial charge in [-0.15, -0.1) is 0 Å². The summed E-state index contributed by atoms with van der Waals surface area (Å²) in [6.07, 6.45) is -1.43. The number of unbranched alkanes of at least 4 members (excludes halogenated alkanes) is 3. The minimum atomic E-state index is -1.73. The van der Waals surface area contributed by atoms with Gasteiger partial charge in [-0.25, -0.2) is 10.2 Å². The van der Waals surface area contributed by atoms with Crippen molar-refractivity contribution < 1.29 is 81.9 Å². The van der Waals surface area contributed by atoms with Crippen LogP contribution in [0.2, 0.25) is 0 Å². The van der Waals surface area contributed by atoms with Gasteiger partial charge >= 0.3 is 6.03 Å². The fraction of sp³-hybridized carbons (Fsp3) is 0.792. The summed E-state index contributed by atoms with van der Waals surface area (Å²) >= 11 is 0. The third kappa shape index (κ3) is 32.9. The molecule has 0 spiro atoms. The number of urea groups is 1. The summed E-state index contributed by atoms with van der Waals surface area (Å²) in [5.41, 5.74) is 27.3. The van der Waals surface area contributed by atoms with E-state index in [0.717, 1.165) is 12.8 Å². The number of amides is 12. The highest BCUT2D eigenvalue weighted by atomic mass is 16.6. The normalized spacial score (nSPS) is 21.1. The number of ether oxygens (including phenoxy) is 4. The summed E-state index contributed by atoms with van der Waals surface area (Å²) in [7, 11) is 0. The van der Waals surface area contributed by atoms with E-state index in [2.05, 4.69) is 64.0 Å². The SMILES string of the molecule is CCCCCC[C@@H](O)[C@H](NC(=O)[C@H](CCN)NC(=O)CCOCCOCCOCCOCC)C(=O)NNC(=O)N[C@H]1CCNC(=O)[C@H]([C@@H](C)O)NC(=O)[C@H](CCN)NC(=O)[C@H](CCN)NC(=O)[C@H](CC(C)C)NC(=O)CNC(=O)[C@H](CCN)NC1=O. The van der Waals surface area contributed by atoms with E-state index in [0.29, 0.717) is 45.9 Å². The monoisotopic (exact) mass is 1230 g/mol. The van der Waals surface area contributed by atoms with E-state index in [-0.39, 0.29) is 96.9 Å². The molecular weight excluding hydrogens is 1130 g/mol. The van der Waals surface area contributed by atoms with Gasteiger partial charge in [0.05, 0.1) is 65.0 Å². The topological polar surface area (TPSA) is 514 Å². The number of hydrogen-bond acceptors (Lipinski definition) is 21. The molecule has 0 unspecified atom stereocenters. The van der Waals surface area contributed by atoms with Crippen LogP contribution >= 0.6 is 0 Å². The second-order valence-electron chi connectivity index (χ2n) is 20.7. The highest BCUT2D eigenvalue weighted by Gasteiger charge is 2.35. The van der Waals surface area contributed by atoms with Crippen molar-refractivity contribution in [2.45, 2.75) is 172 Å². The summed E-state index contributed by atoms with van der Waals surface area (Å²) in [5.74, 6) is -9.20. The Hall–Kier alpha value is -6.43. The number of rotatable bonds is 35. The lowest BCUT2D eigenvalue weighted by Crippen LogP contribution is -2.62. The lowest BCUT2D eigenvalue weighted by Gasteiger charge is -2.27. The first kappa shape index (κ1) is 77.6. The maximum atomic E-state index is 14.1. The van der Waals surface area contributed by atoms with E-state index in [1.807, 2.05) is 13.8 Å². The number of carbonyl (C=O) groups is 11. The molecule has 0 saturated carbocycles. The van der Waals surface area contributed by atoms with Gasteiger partial charge in [0.1, 0.15) is 48.3 Å². The van der Waals surface area contributed by atoms with Gasteiger partial charge in [-0.05, 0) is 90.9 Å². The Kier molecular flexibility index (Phi) is 41.3. The standard InChI is InChI=1S/C53H100N16O17/c1-6-8-9-10-11-40(71)44(67-48(77)35(13-19-55)60-41(72)17-23-84-26-27-86-29-28-85-25-24-83-7-2)52(81)68-69-53(82)65-38-16-22-58-51(80)43(33(5)70)66-49(78)37(15-21-57)63-46(75)36(14-20-56)64-50(79)39(30-32(3)4)61-42(73)31-59-45(74)34(12-18-54)62-47(38)76/h32-40,43-44,70-71H,6-31,54-57H2,1-5H3,(H,58,80)(H,59,74)(H,60,72)(H,61,73)(H,62,76)(H,63,75)(H,64,79)(H,66,78)(H,67,77)(H,68,81)(H2,65,69,82)/t33-,34+,35+,36+,37+,38+,39+,40-,43+,44+/m1/s1. The molecule has 10 atom stereocenters. The summed E-state index contributed by atoms with van der Waals surface area (Å²) in [6.45, 7) is 9.52. The van der Waals surface area contributed by atoms with E-state index in [1.165, 1.54) is 6.92 Å². The molecule has 0 bridgehead atoms. The zero-order chi connectivity index (χ0) is 64.4. The molecule has 494 valence electrons. The molecule has 0 aromatic heterocycles. The first-order valence-electron chi connectivity index (χ1n) is 29.6. The van der Waals surface area contributed by atoms with Crippen LogP contribution in [0.25, 0.3) is 0 Å². The molecular formula is C53H100N16O17. The smallest absolute Gasteiger partial charge is 0.334 e. The molecule has 0 aromatic rings. The molecule has 1 saturated heterocycles. The van der Waals surface area contributed by atoms with E-state index >= 15 is 0 Å². The van der Waals surface area contributed by atoms with Gasteiger partial charge in [-0.2, -0.15) is 0 Å². The number of carbonyl (C=O) groups excluding carboxylic acids is 11. The van der Waals surface area contributed by atoms with Crippen LogP contribution in [-0.4, -0.2) is 228 Å². The lowest BCUT2D eigenvalue weighted by atomic mass is 10.0. The van der Waals surface area contributed by atoms with E-state index in [9.17, 15) is 63.0 Å². The van der Waals surface area contributed by atoms with Crippen LogP contribution in [0.1, 0.15) is 112 Å².